The number of thioether (sulfide) groups is 1. The number of carbonyl (C=O) groups is 3. The molecule has 0 bridgehead atoms. The van der Waals surface area contributed by atoms with Crippen LogP contribution >= 0.6 is 11.8 Å². The molecule has 5 N–H and O–H groups in total. The fraction of sp³-hybridized carbons (Fsp3) is 0.870. The van der Waals surface area contributed by atoms with Gasteiger partial charge in [0.2, 0.25) is 5.91 Å². The molecule has 1 amide bonds. The van der Waals surface area contributed by atoms with Crippen molar-refractivity contribution in [3.63, 3.8) is 0 Å². The summed E-state index contributed by atoms with van der Waals surface area (Å²) in [5.74, 6) is -1.70. The standard InChI is InChI=1S/C23H40N2O8S/c1-5-6-13-9-10-24-14(11-13)22(31)25-17(12(2)3)20-18(29)19(30)21(23(33-20)34-4)32-16(28)8-7-15(26)27/h12-14,17-21,23-24,29-30H,5-11H2,1-4H3,(H,25,31)(H,26,27)/t13-,14+,17-,18-,19+,20-,21-,23-/m1/s1. The number of aliphatic hydroxyl groups excluding tert-OH is 2. The van der Waals surface area contributed by atoms with Gasteiger partial charge in [-0.05, 0) is 37.5 Å². The number of carbonyl (C=O) groups excluding carboxylic acids is 2. The zero-order valence-corrected chi connectivity index (χ0v) is 21.3. The molecule has 11 heteroatoms. The van der Waals surface area contributed by atoms with Crippen molar-refractivity contribution >= 4 is 29.6 Å². The molecule has 0 saturated carbocycles. The van der Waals surface area contributed by atoms with E-state index in [1.54, 1.807) is 6.26 Å². The maximum absolute atomic E-state index is 13.1. The molecule has 0 aromatic rings. The van der Waals surface area contributed by atoms with Crippen LogP contribution in [0.5, 0.6) is 0 Å². The molecule has 0 aliphatic carbocycles. The molecule has 10 nitrogen and oxygen atoms in total. The number of hydrogen-bond donors (Lipinski definition) is 5. The van der Waals surface area contributed by atoms with E-state index in [1.165, 1.54) is 11.8 Å². The Labute approximate surface area is 205 Å². The number of carboxylic acid groups (broad SMARTS) is 1. The van der Waals surface area contributed by atoms with Crippen LogP contribution in [0.2, 0.25) is 0 Å². The molecule has 2 aliphatic rings. The zero-order valence-electron chi connectivity index (χ0n) is 20.4. The van der Waals surface area contributed by atoms with Crippen molar-refractivity contribution in [1.29, 1.82) is 0 Å². The molecule has 2 heterocycles. The molecular weight excluding hydrogens is 464 g/mol. The highest BCUT2D eigenvalue weighted by atomic mass is 32.2. The van der Waals surface area contributed by atoms with Crippen molar-refractivity contribution in [1.82, 2.24) is 10.6 Å². The molecule has 0 aromatic heterocycles. The Morgan fingerprint density at radius 2 is 1.91 bits per heavy atom. The maximum atomic E-state index is 13.1. The number of ether oxygens (including phenoxy) is 2. The predicted molar refractivity (Wildman–Crippen MR) is 127 cm³/mol. The summed E-state index contributed by atoms with van der Waals surface area (Å²) in [7, 11) is 0. The van der Waals surface area contributed by atoms with Crippen LogP contribution < -0.4 is 10.6 Å². The molecule has 2 fully saturated rings. The second kappa shape index (κ2) is 13.6. The molecule has 2 aliphatic heterocycles. The highest BCUT2D eigenvalue weighted by Gasteiger charge is 2.50. The first kappa shape index (κ1) is 28.8. The Bertz CT molecular complexity index is 690. The van der Waals surface area contributed by atoms with Crippen LogP contribution in [-0.4, -0.2) is 87.9 Å². The Balaban J connectivity index is 2.08. The number of esters is 1. The van der Waals surface area contributed by atoms with E-state index in [-0.39, 0.29) is 24.3 Å². The first-order valence-electron chi connectivity index (χ1n) is 12.1. The number of amides is 1. The number of aliphatic carboxylic acids is 1. The SMILES string of the molecule is CCC[C@@H]1CCN[C@H](C(=O)N[C@H](C(C)C)[C@H]2O[C@H](SC)[C@H](OC(=O)CCC(=O)O)[C@@H](O)[C@H]2O)C1. The Kier molecular flexibility index (Phi) is 11.6. The molecule has 0 unspecified atom stereocenters. The van der Waals surface area contributed by atoms with Gasteiger partial charge in [0, 0.05) is 0 Å². The van der Waals surface area contributed by atoms with E-state index in [9.17, 15) is 24.6 Å². The fourth-order valence-corrected chi connectivity index (χ4v) is 5.38. The third-order valence-electron chi connectivity index (χ3n) is 6.53. The summed E-state index contributed by atoms with van der Waals surface area (Å²) >= 11 is 1.20. The topological polar surface area (TPSA) is 154 Å². The van der Waals surface area contributed by atoms with Crippen LogP contribution in [0.1, 0.15) is 59.3 Å². The Morgan fingerprint density at radius 1 is 1.21 bits per heavy atom. The number of nitrogens with one attached hydrogen (secondary N) is 2. The highest BCUT2D eigenvalue weighted by molar-refractivity contribution is 7.99. The van der Waals surface area contributed by atoms with Crippen LogP contribution in [0.4, 0.5) is 0 Å². The molecule has 34 heavy (non-hydrogen) atoms. The summed E-state index contributed by atoms with van der Waals surface area (Å²) in [5.41, 5.74) is -0.794. The third-order valence-corrected chi connectivity index (χ3v) is 7.38. The van der Waals surface area contributed by atoms with Gasteiger partial charge in [0.05, 0.1) is 24.9 Å². The minimum absolute atomic E-state index is 0.108. The van der Waals surface area contributed by atoms with Gasteiger partial charge in [0.15, 0.2) is 6.10 Å². The summed E-state index contributed by atoms with van der Waals surface area (Å²) in [6.07, 6.45) is -0.0276. The molecular formula is C23H40N2O8S. The van der Waals surface area contributed by atoms with Crippen LogP contribution in [-0.2, 0) is 23.9 Å². The maximum Gasteiger partial charge on any atom is 0.306 e. The summed E-state index contributed by atoms with van der Waals surface area (Å²) in [5, 5.41) is 36.7. The lowest BCUT2D eigenvalue weighted by molar-refractivity contribution is -0.221. The van der Waals surface area contributed by atoms with Gasteiger partial charge in [0.1, 0.15) is 23.7 Å². The van der Waals surface area contributed by atoms with Crippen molar-refractivity contribution in [2.24, 2.45) is 11.8 Å². The lowest BCUT2D eigenvalue weighted by Gasteiger charge is -2.45. The van der Waals surface area contributed by atoms with E-state index < -0.39 is 54.3 Å². The van der Waals surface area contributed by atoms with Gasteiger partial charge < -0.3 is 35.4 Å². The summed E-state index contributed by atoms with van der Waals surface area (Å²) in [6.45, 7) is 6.71. The van der Waals surface area contributed by atoms with Crippen LogP contribution in [0.15, 0.2) is 0 Å². The number of aliphatic hydroxyl groups is 2. The van der Waals surface area contributed by atoms with Crippen LogP contribution in [0.3, 0.4) is 0 Å². The van der Waals surface area contributed by atoms with Crippen LogP contribution in [0, 0.1) is 11.8 Å². The average molecular weight is 505 g/mol. The largest absolute Gasteiger partial charge is 0.481 e. The third kappa shape index (κ3) is 7.81. The first-order valence-corrected chi connectivity index (χ1v) is 13.4. The normalized spacial score (nSPS) is 32.7. The molecule has 196 valence electrons. The first-order chi connectivity index (χ1) is 16.1. The molecule has 0 spiro atoms. The minimum Gasteiger partial charge on any atom is -0.481 e. The van der Waals surface area contributed by atoms with Crippen molar-refractivity contribution < 1.29 is 39.2 Å². The van der Waals surface area contributed by atoms with Crippen molar-refractivity contribution in [3.05, 3.63) is 0 Å². The van der Waals surface area contributed by atoms with E-state index >= 15 is 0 Å². The van der Waals surface area contributed by atoms with Gasteiger partial charge in [0.25, 0.3) is 0 Å². The lowest BCUT2D eigenvalue weighted by Crippen LogP contribution is -2.65. The molecule has 2 saturated heterocycles. The zero-order chi connectivity index (χ0) is 25.4. The molecule has 0 aromatic carbocycles. The van der Waals surface area contributed by atoms with E-state index in [0.29, 0.717) is 5.92 Å². The van der Waals surface area contributed by atoms with Gasteiger partial charge in [-0.2, -0.15) is 0 Å². The summed E-state index contributed by atoms with van der Waals surface area (Å²) < 4.78 is 11.3. The highest BCUT2D eigenvalue weighted by Crippen LogP contribution is 2.32. The van der Waals surface area contributed by atoms with Gasteiger partial charge in [-0.1, -0.05) is 33.6 Å². The number of piperidine rings is 1. The molecule has 2 rings (SSSR count). The lowest BCUT2D eigenvalue weighted by atomic mass is 9.86. The second-order valence-corrected chi connectivity index (χ2v) is 10.4. The van der Waals surface area contributed by atoms with E-state index in [4.69, 9.17) is 14.6 Å². The molecule has 8 atom stereocenters. The van der Waals surface area contributed by atoms with E-state index in [2.05, 4.69) is 17.6 Å². The Hall–Kier alpha value is -1.40. The summed E-state index contributed by atoms with van der Waals surface area (Å²) in [6, 6.07) is -0.902. The van der Waals surface area contributed by atoms with E-state index in [1.807, 2.05) is 13.8 Å². The van der Waals surface area contributed by atoms with Crippen molar-refractivity contribution in [3.8, 4) is 0 Å². The minimum atomic E-state index is -1.45. The smallest absolute Gasteiger partial charge is 0.306 e. The average Bonchev–Trinajstić information content (AvgIpc) is 2.79. The number of hydrogen-bond acceptors (Lipinski definition) is 9. The van der Waals surface area contributed by atoms with Gasteiger partial charge >= 0.3 is 11.9 Å². The van der Waals surface area contributed by atoms with Gasteiger partial charge in [-0.15, -0.1) is 11.8 Å². The molecule has 0 radical (unpaired) electrons. The number of rotatable bonds is 11. The van der Waals surface area contributed by atoms with Gasteiger partial charge in [-0.3, -0.25) is 14.4 Å². The second-order valence-electron chi connectivity index (χ2n) is 9.50. The van der Waals surface area contributed by atoms with Crippen LogP contribution in [0.25, 0.3) is 0 Å². The van der Waals surface area contributed by atoms with E-state index in [0.717, 1.165) is 32.2 Å². The summed E-state index contributed by atoms with van der Waals surface area (Å²) in [4.78, 5) is 35.8. The Morgan fingerprint density at radius 3 is 2.50 bits per heavy atom. The monoisotopic (exact) mass is 504 g/mol. The number of carboxylic acids is 1. The van der Waals surface area contributed by atoms with Crippen molar-refractivity contribution in [2.75, 3.05) is 12.8 Å². The van der Waals surface area contributed by atoms with Crippen molar-refractivity contribution in [2.45, 2.75) is 101 Å². The van der Waals surface area contributed by atoms with Gasteiger partial charge in [-0.25, -0.2) is 0 Å². The predicted octanol–water partition coefficient (Wildman–Crippen LogP) is 0.882. The quantitative estimate of drug-likeness (QED) is 0.256. The fourth-order valence-electron chi connectivity index (χ4n) is 4.65.